The van der Waals surface area contributed by atoms with Crippen molar-refractivity contribution in [2.45, 2.75) is 13.5 Å². The lowest BCUT2D eigenvalue weighted by atomic mass is 10.2. The first-order chi connectivity index (χ1) is 16.9. The first-order valence-corrected chi connectivity index (χ1v) is 11.5. The average molecular weight is 497 g/mol. The van der Waals surface area contributed by atoms with Gasteiger partial charge >= 0.3 is 5.97 Å². The number of hydrogen-bond acceptors (Lipinski definition) is 6. The van der Waals surface area contributed by atoms with E-state index in [9.17, 15) is 14.4 Å². The second-order valence-corrected chi connectivity index (χ2v) is 8.38. The topological polar surface area (TPSA) is 97.9 Å². The number of nitrogens with zero attached hydrogens (tertiary/aromatic N) is 4. The molecule has 4 rings (SSSR count). The standard InChI is InChI=1S/C25H25ClN4O5/c1-18-20(24(26)30(27-18)16-19-6-3-2-4-7-19)9-10-23(32)35-17-22(31)28-11-13-29(14-12-28)25(33)21-8-5-15-34-21/h2-10,15H,11-14,16-17H2,1H3/b10-9+. The van der Waals surface area contributed by atoms with Gasteiger partial charge in [0, 0.05) is 37.8 Å². The molecule has 1 fully saturated rings. The minimum absolute atomic E-state index is 0.209. The van der Waals surface area contributed by atoms with Crippen molar-refractivity contribution in [1.82, 2.24) is 19.6 Å². The van der Waals surface area contributed by atoms with Crippen molar-refractivity contribution < 1.29 is 23.5 Å². The Labute approximate surface area is 207 Å². The Hall–Kier alpha value is -3.85. The summed E-state index contributed by atoms with van der Waals surface area (Å²) in [5, 5.41) is 4.85. The van der Waals surface area contributed by atoms with Crippen LogP contribution >= 0.6 is 11.6 Å². The lowest BCUT2D eigenvalue weighted by Crippen LogP contribution is -2.51. The monoisotopic (exact) mass is 496 g/mol. The molecule has 10 heteroatoms. The molecule has 1 aliphatic heterocycles. The number of hydrogen-bond donors (Lipinski definition) is 0. The second kappa shape index (κ2) is 11.1. The van der Waals surface area contributed by atoms with Crippen LogP contribution in [0, 0.1) is 6.92 Å². The number of amides is 2. The zero-order valence-electron chi connectivity index (χ0n) is 19.2. The molecule has 1 saturated heterocycles. The van der Waals surface area contributed by atoms with Crippen LogP contribution in [0.2, 0.25) is 5.15 Å². The van der Waals surface area contributed by atoms with Crippen molar-refractivity contribution in [3.63, 3.8) is 0 Å². The van der Waals surface area contributed by atoms with Crippen LogP contribution in [0.1, 0.15) is 27.4 Å². The molecule has 3 heterocycles. The molecule has 1 aliphatic rings. The van der Waals surface area contributed by atoms with Gasteiger partial charge in [-0.05, 0) is 30.7 Å². The average Bonchev–Trinajstić information content (AvgIpc) is 3.50. The number of aromatic nitrogens is 2. The van der Waals surface area contributed by atoms with Gasteiger partial charge in [0.2, 0.25) is 0 Å². The fourth-order valence-electron chi connectivity index (χ4n) is 3.76. The minimum Gasteiger partial charge on any atom is -0.459 e. The van der Waals surface area contributed by atoms with E-state index in [0.717, 1.165) is 5.56 Å². The van der Waals surface area contributed by atoms with Gasteiger partial charge in [-0.15, -0.1) is 0 Å². The summed E-state index contributed by atoms with van der Waals surface area (Å²) in [4.78, 5) is 40.1. The number of piperazine rings is 1. The smallest absolute Gasteiger partial charge is 0.331 e. The zero-order valence-corrected chi connectivity index (χ0v) is 20.0. The lowest BCUT2D eigenvalue weighted by molar-refractivity contribution is -0.148. The van der Waals surface area contributed by atoms with Crippen LogP contribution in [0.25, 0.3) is 6.08 Å². The molecule has 0 spiro atoms. The van der Waals surface area contributed by atoms with Crippen LogP contribution < -0.4 is 0 Å². The predicted molar refractivity (Wildman–Crippen MR) is 129 cm³/mol. The molecule has 0 aliphatic carbocycles. The van der Waals surface area contributed by atoms with Crippen molar-refractivity contribution in [2.75, 3.05) is 32.8 Å². The largest absolute Gasteiger partial charge is 0.459 e. The number of rotatable bonds is 7. The van der Waals surface area contributed by atoms with Gasteiger partial charge in [-0.3, -0.25) is 9.59 Å². The normalized spacial score (nSPS) is 13.9. The van der Waals surface area contributed by atoms with Gasteiger partial charge in [0.05, 0.1) is 18.5 Å². The Balaban J connectivity index is 1.25. The summed E-state index contributed by atoms with van der Waals surface area (Å²) in [6, 6.07) is 13.0. The second-order valence-electron chi connectivity index (χ2n) is 8.02. The summed E-state index contributed by atoms with van der Waals surface area (Å²) in [6.45, 7) is 3.40. The van der Waals surface area contributed by atoms with Crippen molar-refractivity contribution in [3.8, 4) is 0 Å². The first-order valence-electron chi connectivity index (χ1n) is 11.1. The lowest BCUT2D eigenvalue weighted by Gasteiger charge is -2.34. The molecular weight excluding hydrogens is 472 g/mol. The predicted octanol–water partition coefficient (Wildman–Crippen LogP) is 3.03. The highest BCUT2D eigenvalue weighted by atomic mass is 35.5. The van der Waals surface area contributed by atoms with Crippen LogP contribution in [-0.2, 0) is 20.9 Å². The number of aryl methyl sites for hydroxylation is 1. The highest BCUT2D eigenvalue weighted by Gasteiger charge is 2.26. The molecule has 0 bridgehead atoms. The van der Waals surface area contributed by atoms with E-state index in [1.165, 1.54) is 18.4 Å². The van der Waals surface area contributed by atoms with E-state index in [0.29, 0.717) is 49.1 Å². The Bertz CT molecular complexity index is 1210. The molecule has 0 N–H and O–H groups in total. The van der Waals surface area contributed by atoms with Crippen LogP contribution in [0.4, 0.5) is 0 Å². The quantitative estimate of drug-likeness (QED) is 0.368. The van der Waals surface area contributed by atoms with Crippen molar-refractivity contribution in [3.05, 3.63) is 82.5 Å². The third kappa shape index (κ3) is 5.99. The van der Waals surface area contributed by atoms with E-state index in [4.69, 9.17) is 20.8 Å². The van der Waals surface area contributed by atoms with Crippen LogP contribution in [0.15, 0.2) is 59.2 Å². The molecule has 2 aromatic heterocycles. The third-order valence-corrected chi connectivity index (χ3v) is 6.06. The number of carbonyl (C=O) groups is 3. The molecule has 35 heavy (non-hydrogen) atoms. The van der Waals surface area contributed by atoms with Gasteiger partial charge in [0.1, 0.15) is 5.15 Å². The maximum atomic E-state index is 12.4. The number of esters is 1. The minimum atomic E-state index is -0.656. The van der Waals surface area contributed by atoms with Crippen LogP contribution in [0.5, 0.6) is 0 Å². The van der Waals surface area contributed by atoms with Gasteiger partial charge in [-0.2, -0.15) is 5.10 Å². The molecule has 1 aromatic carbocycles. The first kappa shape index (κ1) is 24.3. The maximum absolute atomic E-state index is 12.4. The molecule has 0 atom stereocenters. The van der Waals surface area contributed by atoms with Crippen molar-refractivity contribution >= 4 is 35.5 Å². The summed E-state index contributed by atoms with van der Waals surface area (Å²) in [7, 11) is 0. The molecule has 2 amide bonds. The number of furan rings is 1. The van der Waals surface area contributed by atoms with Crippen LogP contribution in [0.3, 0.4) is 0 Å². The van der Waals surface area contributed by atoms with E-state index < -0.39 is 5.97 Å². The van der Waals surface area contributed by atoms with E-state index in [1.54, 1.807) is 33.5 Å². The molecule has 0 unspecified atom stereocenters. The Morgan fingerprint density at radius 2 is 1.77 bits per heavy atom. The summed E-state index contributed by atoms with van der Waals surface area (Å²) >= 11 is 6.46. The zero-order chi connectivity index (χ0) is 24.8. The van der Waals surface area contributed by atoms with Gasteiger partial charge in [0.25, 0.3) is 11.8 Å². The summed E-state index contributed by atoms with van der Waals surface area (Å²) in [5.41, 5.74) is 2.34. The number of ether oxygens (including phenoxy) is 1. The van der Waals surface area contributed by atoms with Crippen LogP contribution in [-0.4, -0.2) is 70.1 Å². The summed E-state index contributed by atoms with van der Waals surface area (Å²) in [6.07, 6.45) is 4.22. The van der Waals surface area contributed by atoms with Crippen molar-refractivity contribution in [1.29, 1.82) is 0 Å². The number of benzene rings is 1. The summed E-state index contributed by atoms with van der Waals surface area (Å²) < 4.78 is 11.9. The molecule has 182 valence electrons. The van der Waals surface area contributed by atoms with Gasteiger partial charge in [-0.1, -0.05) is 41.9 Å². The van der Waals surface area contributed by atoms with E-state index in [-0.39, 0.29) is 24.2 Å². The molecule has 9 nitrogen and oxygen atoms in total. The van der Waals surface area contributed by atoms with Crippen molar-refractivity contribution in [2.24, 2.45) is 0 Å². The fourth-order valence-corrected chi connectivity index (χ4v) is 4.05. The molecule has 3 aromatic rings. The van der Waals surface area contributed by atoms with E-state index in [2.05, 4.69) is 5.10 Å². The Kier molecular flexibility index (Phi) is 7.67. The number of halogens is 1. The number of carbonyl (C=O) groups excluding carboxylic acids is 3. The molecule has 0 radical (unpaired) electrons. The van der Waals surface area contributed by atoms with Gasteiger partial charge < -0.3 is 19.0 Å². The third-order valence-electron chi connectivity index (χ3n) is 5.66. The SMILES string of the molecule is Cc1nn(Cc2ccccc2)c(Cl)c1/C=C/C(=O)OCC(=O)N1CCN(C(=O)c2ccco2)CC1. The highest BCUT2D eigenvalue weighted by molar-refractivity contribution is 6.31. The van der Waals surface area contributed by atoms with Gasteiger partial charge in [0.15, 0.2) is 12.4 Å². The van der Waals surface area contributed by atoms with E-state index in [1.807, 2.05) is 30.3 Å². The fraction of sp³-hybridized carbons (Fsp3) is 0.280. The molecular formula is C25H25ClN4O5. The summed E-state index contributed by atoms with van der Waals surface area (Å²) in [5.74, 6) is -0.913. The Morgan fingerprint density at radius 1 is 1.06 bits per heavy atom. The highest BCUT2D eigenvalue weighted by Crippen LogP contribution is 2.22. The Morgan fingerprint density at radius 3 is 2.46 bits per heavy atom. The van der Waals surface area contributed by atoms with E-state index >= 15 is 0 Å². The molecule has 0 saturated carbocycles. The van der Waals surface area contributed by atoms with Gasteiger partial charge in [-0.25, -0.2) is 9.48 Å². The maximum Gasteiger partial charge on any atom is 0.331 e.